The SMILES string of the molecule is O=C1c2c([nH]c3c2CCCCC3)C[C@@H]2CCN(CCc3ccccc3)C[C@@H]12. The monoisotopic (exact) mass is 362 g/mol. The highest BCUT2D eigenvalue weighted by Crippen LogP contribution is 2.39. The van der Waals surface area contributed by atoms with Gasteiger partial charge < -0.3 is 9.88 Å². The van der Waals surface area contributed by atoms with E-state index in [-0.39, 0.29) is 5.92 Å². The van der Waals surface area contributed by atoms with Crippen molar-refractivity contribution in [2.45, 2.75) is 51.4 Å². The van der Waals surface area contributed by atoms with Crippen molar-refractivity contribution in [3.63, 3.8) is 0 Å². The molecule has 1 aliphatic heterocycles. The standard InChI is InChI=1S/C24H30N2O/c27-24-20-16-26(13-11-17-7-3-1-4-8-17)14-12-18(20)15-22-23(24)19-9-5-2-6-10-21(19)25-22/h1,3-4,7-8,18,20,25H,2,5-6,9-16H2/t18-,20+/m0/s1. The average Bonchev–Trinajstić information content (AvgIpc) is 2.89. The molecule has 5 rings (SSSR count). The summed E-state index contributed by atoms with van der Waals surface area (Å²) in [7, 11) is 0. The minimum atomic E-state index is 0.213. The van der Waals surface area contributed by atoms with Crippen LogP contribution in [-0.2, 0) is 25.7 Å². The zero-order valence-electron chi connectivity index (χ0n) is 16.2. The highest BCUT2D eigenvalue weighted by Gasteiger charge is 2.41. The lowest BCUT2D eigenvalue weighted by atomic mass is 9.72. The maximum Gasteiger partial charge on any atom is 0.169 e. The number of nitrogens with zero attached hydrogens (tertiary/aromatic N) is 1. The highest BCUT2D eigenvalue weighted by molar-refractivity contribution is 6.02. The zero-order chi connectivity index (χ0) is 18.2. The molecule has 1 aromatic carbocycles. The van der Waals surface area contributed by atoms with Crippen molar-refractivity contribution in [1.82, 2.24) is 9.88 Å². The van der Waals surface area contributed by atoms with Crippen LogP contribution in [0.2, 0.25) is 0 Å². The molecule has 142 valence electrons. The van der Waals surface area contributed by atoms with E-state index >= 15 is 0 Å². The number of ketones is 1. The summed E-state index contributed by atoms with van der Waals surface area (Å²) in [6.45, 7) is 3.16. The van der Waals surface area contributed by atoms with E-state index in [1.165, 1.54) is 41.8 Å². The fraction of sp³-hybridized carbons (Fsp3) is 0.542. The first-order valence-corrected chi connectivity index (χ1v) is 10.8. The molecule has 3 nitrogen and oxygen atoms in total. The Bertz CT molecular complexity index is 822. The Morgan fingerprint density at radius 2 is 1.89 bits per heavy atom. The fourth-order valence-corrected chi connectivity index (χ4v) is 5.57. The average molecular weight is 363 g/mol. The van der Waals surface area contributed by atoms with Gasteiger partial charge in [-0.3, -0.25) is 4.79 Å². The van der Waals surface area contributed by atoms with Crippen LogP contribution in [-0.4, -0.2) is 35.3 Å². The number of carbonyl (C=O) groups excluding carboxylic acids is 1. The van der Waals surface area contributed by atoms with Crippen molar-refractivity contribution in [3.05, 3.63) is 58.4 Å². The molecule has 1 N–H and O–H groups in total. The third-order valence-electron chi connectivity index (χ3n) is 7.07. The van der Waals surface area contributed by atoms with Gasteiger partial charge in [-0.05, 0) is 68.5 Å². The van der Waals surface area contributed by atoms with Crippen LogP contribution in [0.3, 0.4) is 0 Å². The molecular weight excluding hydrogens is 332 g/mol. The van der Waals surface area contributed by atoms with E-state index in [1.807, 2.05) is 0 Å². The Morgan fingerprint density at radius 3 is 2.78 bits per heavy atom. The van der Waals surface area contributed by atoms with Crippen molar-refractivity contribution in [2.75, 3.05) is 19.6 Å². The summed E-state index contributed by atoms with van der Waals surface area (Å²) in [6.07, 6.45) is 9.36. The number of aryl methyl sites for hydroxylation is 1. The predicted octanol–water partition coefficient (Wildman–Crippen LogP) is 4.20. The van der Waals surface area contributed by atoms with Gasteiger partial charge in [0.1, 0.15) is 0 Å². The van der Waals surface area contributed by atoms with Gasteiger partial charge in [-0.2, -0.15) is 0 Å². The summed E-state index contributed by atoms with van der Waals surface area (Å²) in [5.41, 5.74) is 6.54. The quantitative estimate of drug-likeness (QED) is 0.831. The van der Waals surface area contributed by atoms with Gasteiger partial charge in [0.15, 0.2) is 5.78 Å². The summed E-state index contributed by atoms with van der Waals surface area (Å²) in [4.78, 5) is 19.7. The van der Waals surface area contributed by atoms with Crippen LogP contribution in [0, 0.1) is 11.8 Å². The predicted molar refractivity (Wildman–Crippen MR) is 108 cm³/mol. The van der Waals surface area contributed by atoms with Gasteiger partial charge in [-0.25, -0.2) is 0 Å². The number of carbonyl (C=O) groups is 1. The number of hydrogen-bond acceptors (Lipinski definition) is 2. The van der Waals surface area contributed by atoms with E-state index < -0.39 is 0 Å². The molecule has 3 aliphatic rings. The largest absolute Gasteiger partial charge is 0.361 e. The second-order valence-corrected chi connectivity index (χ2v) is 8.76. The number of fused-ring (bicyclic) bond motifs is 4. The first-order valence-electron chi connectivity index (χ1n) is 10.8. The second kappa shape index (κ2) is 7.27. The summed E-state index contributed by atoms with van der Waals surface area (Å²) < 4.78 is 0. The third-order valence-corrected chi connectivity index (χ3v) is 7.07. The molecule has 1 saturated heterocycles. The molecule has 2 aromatic rings. The first kappa shape index (κ1) is 17.2. The van der Waals surface area contributed by atoms with Gasteiger partial charge in [0.2, 0.25) is 0 Å². The number of hydrogen-bond donors (Lipinski definition) is 1. The van der Waals surface area contributed by atoms with E-state index in [2.05, 4.69) is 40.2 Å². The molecule has 0 amide bonds. The Balaban J connectivity index is 1.32. The van der Waals surface area contributed by atoms with Gasteiger partial charge in [-0.15, -0.1) is 0 Å². The lowest BCUT2D eigenvalue weighted by Gasteiger charge is -2.40. The Morgan fingerprint density at radius 1 is 1.04 bits per heavy atom. The molecule has 1 fully saturated rings. The maximum atomic E-state index is 13.5. The molecule has 0 radical (unpaired) electrons. The summed E-state index contributed by atoms with van der Waals surface area (Å²) in [6, 6.07) is 10.7. The minimum Gasteiger partial charge on any atom is -0.361 e. The first-order chi connectivity index (χ1) is 13.3. The summed E-state index contributed by atoms with van der Waals surface area (Å²) in [5, 5.41) is 0. The number of rotatable bonds is 3. The third kappa shape index (κ3) is 3.27. The fourth-order valence-electron chi connectivity index (χ4n) is 5.57. The number of Topliss-reactive ketones (excluding diaryl/α,β-unsaturated/α-hetero) is 1. The second-order valence-electron chi connectivity index (χ2n) is 8.76. The molecular formula is C24H30N2O. The van der Waals surface area contributed by atoms with Crippen molar-refractivity contribution in [1.29, 1.82) is 0 Å². The lowest BCUT2D eigenvalue weighted by molar-refractivity contribution is 0.0662. The van der Waals surface area contributed by atoms with Crippen LogP contribution in [0.15, 0.2) is 30.3 Å². The number of nitrogens with one attached hydrogen (secondary N) is 1. The number of benzene rings is 1. The molecule has 2 heterocycles. The van der Waals surface area contributed by atoms with E-state index in [1.54, 1.807) is 0 Å². The van der Waals surface area contributed by atoms with Crippen LogP contribution in [0.4, 0.5) is 0 Å². The van der Waals surface area contributed by atoms with Gasteiger partial charge in [0, 0.05) is 36.0 Å². The summed E-state index contributed by atoms with van der Waals surface area (Å²) >= 11 is 0. The number of likely N-dealkylation sites (tertiary alicyclic amines) is 1. The number of aromatic nitrogens is 1. The van der Waals surface area contributed by atoms with Crippen LogP contribution in [0.1, 0.15) is 58.6 Å². The smallest absolute Gasteiger partial charge is 0.169 e. The number of aromatic amines is 1. The van der Waals surface area contributed by atoms with E-state index in [0.717, 1.165) is 57.3 Å². The Hall–Kier alpha value is -1.87. The van der Waals surface area contributed by atoms with Crippen molar-refractivity contribution < 1.29 is 4.79 Å². The molecule has 1 aromatic heterocycles. The number of H-pyrrole nitrogens is 1. The highest BCUT2D eigenvalue weighted by atomic mass is 16.1. The lowest BCUT2D eigenvalue weighted by Crippen LogP contribution is -2.47. The van der Waals surface area contributed by atoms with Crippen molar-refractivity contribution in [2.24, 2.45) is 11.8 Å². The summed E-state index contributed by atoms with van der Waals surface area (Å²) in [5.74, 6) is 1.20. The topological polar surface area (TPSA) is 36.1 Å². The van der Waals surface area contributed by atoms with Crippen LogP contribution < -0.4 is 0 Å². The van der Waals surface area contributed by atoms with E-state index in [4.69, 9.17) is 0 Å². The maximum absolute atomic E-state index is 13.5. The van der Waals surface area contributed by atoms with Gasteiger partial charge in [-0.1, -0.05) is 36.8 Å². The molecule has 27 heavy (non-hydrogen) atoms. The van der Waals surface area contributed by atoms with Crippen molar-refractivity contribution >= 4 is 5.78 Å². The zero-order valence-corrected chi connectivity index (χ0v) is 16.2. The molecule has 0 spiro atoms. The molecule has 2 aliphatic carbocycles. The van der Waals surface area contributed by atoms with Crippen LogP contribution in [0.5, 0.6) is 0 Å². The Labute approximate surface area is 162 Å². The van der Waals surface area contributed by atoms with Gasteiger partial charge in [0.25, 0.3) is 0 Å². The molecule has 0 bridgehead atoms. The van der Waals surface area contributed by atoms with E-state index in [9.17, 15) is 4.79 Å². The normalized spacial score (nSPS) is 25.4. The molecule has 0 saturated carbocycles. The number of piperidine rings is 1. The van der Waals surface area contributed by atoms with Gasteiger partial charge >= 0.3 is 0 Å². The molecule has 0 unspecified atom stereocenters. The minimum absolute atomic E-state index is 0.213. The molecule has 2 atom stereocenters. The molecule has 3 heteroatoms. The van der Waals surface area contributed by atoms with Crippen LogP contribution in [0.25, 0.3) is 0 Å². The Kier molecular flexibility index (Phi) is 4.65. The van der Waals surface area contributed by atoms with E-state index in [0.29, 0.717) is 11.7 Å². The van der Waals surface area contributed by atoms with Gasteiger partial charge in [0.05, 0.1) is 0 Å². The van der Waals surface area contributed by atoms with Crippen molar-refractivity contribution in [3.8, 4) is 0 Å². The van der Waals surface area contributed by atoms with Crippen LogP contribution >= 0.6 is 0 Å².